The minimum atomic E-state index is -0.0121. The summed E-state index contributed by atoms with van der Waals surface area (Å²) in [4.78, 5) is 22.3. The number of piperidine rings is 1. The van der Waals surface area contributed by atoms with Gasteiger partial charge in [-0.1, -0.05) is 36.2 Å². The largest absolute Gasteiger partial charge is 0.495 e. The molecule has 3 heterocycles. The van der Waals surface area contributed by atoms with Crippen molar-refractivity contribution >= 4 is 34.4 Å². The number of hydrogen-bond acceptors (Lipinski definition) is 5. The Balaban J connectivity index is 1.60. The molecule has 1 aromatic carbocycles. The van der Waals surface area contributed by atoms with E-state index in [0.717, 1.165) is 35.3 Å². The number of methoxy groups -OCH3 is 1. The van der Waals surface area contributed by atoms with Crippen LogP contribution in [0.2, 0.25) is 5.02 Å². The predicted octanol–water partition coefficient (Wildman–Crippen LogP) is 3.12. The van der Waals surface area contributed by atoms with Gasteiger partial charge in [-0.2, -0.15) is 0 Å². The topological polar surface area (TPSA) is 86.3 Å². The molecule has 0 radical (unpaired) electrons. The summed E-state index contributed by atoms with van der Waals surface area (Å²) in [5.74, 6) is 8.82. The molecule has 3 aromatic rings. The van der Waals surface area contributed by atoms with Crippen LogP contribution >= 0.6 is 11.6 Å². The molecule has 1 unspecified atom stereocenters. The van der Waals surface area contributed by atoms with Crippen LogP contribution in [0.1, 0.15) is 5.69 Å². The van der Waals surface area contributed by atoms with Gasteiger partial charge in [-0.25, -0.2) is 9.97 Å². The summed E-state index contributed by atoms with van der Waals surface area (Å²) < 4.78 is 7.54. The number of hydrogen-bond donors (Lipinski definition) is 1. The number of nitrogens with zero attached hydrogens (tertiary/aromatic N) is 4. The number of aromatic nitrogens is 3. The number of carbonyl (C=O) groups is 1. The molecule has 5 rings (SSSR count). The Morgan fingerprint density at radius 3 is 2.78 bits per heavy atom. The normalized spacial score (nSPS) is 21.1. The number of amides is 1. The second kappa shape index (κ2) is 7.57. The van der Waals surface area contributed by atoms with Gasteiger partial charge in [0.2, 0.25) is 5.91 Å². The molecule has 1 amide bonds. The molecule has 2 aliphatic rings. The van der Waals surface area contributed by atoms with Crippen LogP contribution < -0.4 is 10.5 Å². The third-order valence-electron chi connectivity index (χ3n) is 6.47. The first kappa shape index (κ1) is 20.4. The Morgan fingerprint density at radius 1 is 1.34 bits per heavy atom. The highest BCUT2D eigenvalue weighted by Gasteiger charge is 2.55. The van der Waals surface area contributed by atoms with Gasteiger partial charge < -0.3 is 19.9 Å². The van der Waals surface area contributed by atoms with Crippen molar-refractivity contribution < 1.29 is 9.53 Å². The molecule has 0 bridgehead atoms. The van der Waals surface area contributed by atoms with E-state index in [1.54, 1.807) is 13.2 Å². The van der Waals surface area contributed by atoms with Gasteiger partial charge in [0, 0.05) is 37.2 Å². The second-order valence-corrected chi connectivity index (χ2v) is 8.54. The van der Waals surface area contributed by atoms with Crippen LogP contribution in [0.5, 0.6) is 5.75 Å². The van der Waals surface area contributed by atoms with Crippen LogP contribution in [0.4, 0.5) is 5.82 Å². The summed E-state index contributed by atoms with van der Waals surface area (Å²) in [6, 6.07) is 5.58. The Morgan fingerprint density at radius 2 is 2.09 bits per heavy atom. The average molecular weight is 448 g/mol. The summed E-state index contributed by atoms with van der Waals surface area (Å²) in [6.07, 6.45) is 2.82. The van der Waals surface area contributed by atoms with Gasteiger partial charge in [0.05, 0.1) is 17.5 Å². The number of halogens is 1. The fraction of sp³-hybridized carbons (Fsp3) is 0.292. The van der Waals surface area contributed by atoms with Gasteiger partial charge in [0.25, 0.3) is 0 Å². The highest BCUT2D eigenvalue weighted by molar-refractivity contribution is 6.32. The second-order valence-electron chi connectivity index (χ2n) is 8.13. The molecular formula is C24H22ClN5O2. The van der Waals surface area contributed by atoms with Gasteiger partial charge in [0.15, 0.2) is 0 Å². The number of para-hydroxylation sites is 1. The Labute approximate surface area is 190 Å². The lowest BCUT2D eigenvalue weighted by molar-refractivity contribution is -0.125. The van der Waals surface area contributed by atoms with E-state index in [4.69, 9.17) is 22.1 Å². The van der Waals surface area contributed by atoms with Crippen LogP contribution in [0.25, 0.3) is 22.2 Å². The van der Waals surface area contributed by atoms with E-state index in [-0.39, 0.29) is 11.8 Å². The Kier molecular flexibility index (Phi) is 4.83. The van der Waals surface area contributed by atoms with Crippen molar-refractivity contribution in [1.29, 1.82) is 0 Å². The smallest absolute Gasteiger partial charge is 0.245 e. The van der Waals surface area contributed by atoms with E-state index in [0.29, 0.717) is 34.1 Å². The first-order chi connectivity index (χ1) is 15.5. The van der Waals surface area contributed by atoms with Crippen LogP contribution in [-0.4, -0.2) is 45.5 Å². The van der Waals surface area contributed by atoms with E-state index in [1.165, 1.54) is 12.4 Å². The fourth-order valence-electron chi connectivity index (χ4n) is 4.80. The van der Waals surface area contributed by atoms with Crippen molar-refractivity contribution in [3.63, 3.8) is 0 Å². The van der Waals surface area contributed by atoms with Crippen molar-refractivity contribution in [3.05, 3.63) is 47.9 Å². The number of fused-ring (bicyclic) bond motifs is 2. The highest BCUT2D eigenvalue weighted by Crippen LogP contribution is 2.51. The molecule has 1 aliphatic heterocycles. The first-order valence-corrected chi connectivity index (χ1v) is 10.7. The van der Waals surface area contributed by atoms with Crippen molar-refractivity contribution in [2.75, 3.05) is 25.9 Å². The molecule has 32 heavy (non-hydrogen) atoms. The number of likely N-dealkylation sites (tertiary alicyclic amines) is 1. The zero-order valence-electron chi connectivity index (χ0n) is 17.8. The van der Waals surface area contributed by atoms with Crippen LogP contribution in [0, 0.1) is 29.6 Å². The van der Waals surface area contributed by atoms with Gasteiger partial charge in [-0.05, 0) is 29.9 Å². The van der Waals surface area contributed by atoms with Gasteiger partial charge in [-0.3, -0.25) is 4.79 Å². The molecule has 162 valence electrons. The molecule has 1 saturated heterocycles. The number of benzene rings is 1. The van der Waals surface area contributed by atoms with Crippen molar-refractivity contribution in [2.24, 2.45) is 24.8 Å². The average Bonchev–Trinajstić information content (AvgIpc) is 3.11. The molecule has 2 aromatic heterocycles. The SMILES string of the molecule is C=CC(=O)N1C[C@@H]2C(C#Cc3c(-c4cccc(Cl)c4OC)c4c(N)ncnc4n3C)[C@@H]2C1. The maximum atomic E-state index is 11.9. The monoisotopic (exact) mass is 447 g/mol. The fourth-order valence-corrected chi connectivity index (χ4v) is 5.05. The standard InChI is InChI=1S/C24H22ClN5O2/c1-4-19(31)30-10-15-13(16(15)11-30)8-9-18-20(14-6-5-7-17(25)22(14)32-3)21-23(26)27-12-28-24(21)29(18)2/h4-7,12-13,15-16H,1,10-11H2,2-3H3,(H2,26,27,28)/t13?,15-,16+. The van der Waals surface area contributed by atoms with Crippen molar-refractivity contribution in [2.45, 2.75) is 0 Å². The van der Waals surface area contributed by atoms with Crippen molar-refractivity contribution in [3.8, 4) is 28.7 Å². The number of carbonyl (C=O) groups excluding carboxylic acids is 1. The molecule has 1 aliphatic carbocycles. The lowest BCUT2D eigenvalue weighted by atomic mass is 10.0. The number of ether oxygens (including phenoxy) is 1. The van der Waals surface area contributed by atoms with Crippen LogP contribution in [0.15, 0.2) is 37.2 Å². The molecule has 1 saturated carbocycles. The molecule has 2 fully saturated rings. The van der Waals surface area contributed by atoms with Crippen LogP contribution in [0.3, 0.4) is 0 Å². The van der Waals surface area contributed by atoms with E-state index in [2.05, 4.69) is 28.4 Å². The summed E-state index contributed by atoms with van der Waals surface area (Å²) in [6.45, 7) is 5.04. The van der Waals surface area contributed by atoms with Crippen LogP contribution in [-0.2, 0) is 11.8 Å². The number of nitrogens with two attached hydrogens (primary N) is 1. The maximum absolute atomic E-state index is 11.9. The van der Waals surface area contributed by atoms with E-state index >= 15 is 0 Å². The minimum Gasteiger partial charge on any atom is -0.495 e. The number of aryl methyl sites for hydroxylation is 1. The lowest BCUT2D eigenvalue weighted by Gasteiger charge is -2.16. The summed E-state index contributed by atoms with van der Waals surface area (Å²) in [5.41, 5.74) is 9.34. The number of nitrogen functional groups attached to an aromatic ring is 1. The number of rotatable bonds is 3. The van der Waals surface area contributed by atoms with E-state index in [1.807, 2.05) is 28.6 Å². The third-order valence-corrected chi connectivity index (χ3v) is 6.77. The van der Waals surface area contributed by atoms with Crippen molar-refractivity contribution in [1.82, 2.24) is 19.4 Å². The number of anilines is 1. The molecule has 0 spiro atoms. The molecular weight excluding hydrogens is 426 g/mol. The van der Waals surface area contributed by atoms with Gasteiger partial charge >= 0.3 is 0 Å². The molecule has 7 nitrogen and oxygen atoms in total. The van der Waals surface area contributed by atoms with E-state index in [9.17, 15) is 4.79 Å². The minimum absolute atomic E-state index is 0.0121. The maximum Gasteiger partial charge on any atom is 0.245 e. The van der Waals surface area contributed by atoms with E-state index < -0.39 is 0 Å². The summed E-state index contributed by atoms with van der Waals surface area (Å²) in [7, 11) is 3.50. The lowest BCUT2D eigenvalue weighted by Crippen LogP contribution is -2.29. The van der Waals surface area contributed by atoms with Gasteiger partial charge in [0.1, 0.15) is 29.2 Å². The Hall–Kier alpha value is -3.50. The summed E-state index contributed by atoms with van der Waals surface area (Å²) in [5, 5.41) is 1.22. The quantitative estimate of drug-likeness (QED) is 0.492. The first-order valence-electron chi connectivity index (χ1n) is 10.3. The highest BCUT2D eigenvalue weighted by atomic mass is 35.5. The zero-order chi connectivity index (χ0) is 22.6. The Bertz CT molecular complexity index is 1320. The summed E-state index contributed by atoms with van der Waals surface area (Å²) >= 11 is 6.41. The zero-order valence-corrected chi connectivity index (χ0v) is 18.6. The molecule has 2 N–H and O–H groups in total. The molecule has 8 heteroatoms. The predicted molar refractivity (Wildman–Crippen MR) is 124 cm³/mol. The van der Waals surface area contributed by atoms with Gasteiger partial charge in [-0.15, -0.1) is 0 Å². The third kappa shape index (κ3) is 3.02. The molecule has 3 atom stereocenters.